The van der Waals surface area contributed by atoms with Crippen molar-refractivity contribution in [3.8, 4) is 11.5 Å². The van der Waals surface area contributed by atoms with Gasteiger partial charge >= 0.3 is 0 Å². The van der Waals surface area contributed by atoms with E-state index in [1.165, 1.54) is 5.56 Å². The van der Waals surface area contributed by atoms with E-state index in [-0.39, 0.29) is 18.5 Å². The Balaban J connectivity index is 0.00000112. The van der Waals surface area contributed by atoms with Gasteiger partial charge in [-0.1, -0.05) is 12.1 Å². The maximum Gasteiger partial charge on any atom is 0.164 e. The molecule has 1 aromatic carbocycles. The van der Waals surface area contributed by atoms with Crippen LogP contribution in [0.15, 0.2) is 18.2 Å². The first-order valence-corrected chi connectivity index (χ1v) is 4.87. The lowest BCUT2D eigenvalue weighted by Gasteiger charge is -2.26. The molecule has 1 aliphatic heterocycles. The first-order chi connectivity index (χ1) is 6.85. The highest BCUT2D eigenvalue weighted by molar-refractivity contribution is 5.85. The molecule has 1 atom stereocenters. The molecule has 0 aromatic heterocycles. The zero-order valence-corrected chi connectivity index (χ0v) is 9.55. The Morgan fingerprint density at radius 3 is 3.00 bits per heavy atom. The van der Waals surface area contributed by atoms with Crippen LogP contribution < -0.4 is 15.2 Å². The Kier molecular flexibility index (Phi) is 4.24. The molecule has 0 radical (unpaired) electrons. The zero-order valence-electron chi connectivity index (χ0n) is 8.73. The predicted octanol–water partition coefficient (Wildman–Crippen LogP) is 1.77. The van der Waals surface area contributed by atoms with Gasteiger partial charge in [-0.15, -0.1) is 12.4 Å². The first-order valence-electron chi connectivity index (χ1n) is 4.87. The van der Waals surface area contributed by atoms with Gasteiger partial charge in [-0.3, -0.25) is 0 Å². The van der Waals surface area contributed by atoms with Crippen molar-refractivity contribution in [2.75, 3.05) is 13.7 Å². The summed E-state index contributed by atoms with van der Waals surface area (Å²) in [5.41, 5.74) is 6.80. The van der Waals surface area contributed by atoms with Crippen LogP contribution in [0.1, 0.15) is 12.0 Å². The average molecular weight is 230 g/mol. The molecule has 0 amide bonds. The molecule has 84 valence electrons. The summed E-state index contributed by atoms with van der Waals surface area (Å²) >= 11 is 0. The molecule has 1 aromatic rings. The molecule has 1 heterocycles. The minimum absolute atomic E-state index is 0. The molecular weight excluding hydrogens is 214 g/mol. The Morgan fingerprint density at radius 2 is 2.33 bits per heavy atom. The molecule has 2 rings (SSSR count). The van der Waals surface area contributed by atoms with Gasteiger partial charge < -0.3 is 15.2 Å². The highest BCUT2D eigenvalue weighted by Crippen LogP contribution is 2.36. The van der Waals surface area contributed by atoms with Gasteiger partial charge in [-0.25, -0.2) is 0 Å². The van der Waals surface area contributed by atoms with Crippen molar-refractivity contribution in [3.05, 3.63) is 23.8 Å². The summed E-state index contributed by atoms with van der Waals surface area (Å²) in [5, 5.41) is 0. The molecule has 4 heteroatoms. The van der Waals surface area contributed by atoms with Gasteiger partial charge in [0, 0.05) is 6.54 Å². The molecule has 0 spiro atoms. The third-order valence-electron chi connectivity index (χ3n) is 2.56. The molecule has 0 fully saturated rings. The highest BCUT2D eigenvalue weighted by atomic mass is 35.5. The third-order valence-corrected chi connectivity index (χ3v) is 2.56. The van der Waals surface area contributed by atoms with Crippen molar-refractivity contribution in [2.45, 2.75) is 18.9 Å². The third kappa shape index (κ3) is 2.36. The summed E-state index contributed by atoms with van der Waals surface area (Å²) in [6, 6.07) is 5.98. The monoisotopic (exact) mass is 229 g/mol. The standard InChI is InChI=1S/C11H15NO2.ClH/c1-13-10-4-2-3-8-5-6-9(7-12)14-11(8)10;/h2-4,9H,5-7,12H2,1H3;1H. The second-order valence-corrected chi connectivity index (χ2v) is 3.46. The average Bonchev–Trinajstić information content (AvgIpc) is 2.27. The second-order valence-electron chi connectivity index (χ2n) is 3.46. The van der Waals surface area contributed by atoms with Gasteiger partial charge in [-0.2, -0.15) is 0 Å². The SMILES string of the molecule is COc1cccc2c1OC(CN)CC2.Cl. The summed E-state index contributed by atoms with van der Waals surface area (Å²) in [5.74, 6) is 1.68. The molecule has 0 saturated heterocycles. The summed E-state index contributed by atoms with van der Waals surface area (Å²) < 4.78 is 11.0. The number of fused-ring (bicyclic) bond motifs is 1. The van der Waals surface area contributed by atoms with Crippen LogP contribution in [0.2, 0.25) is 0 Å². The summed E-state index contributed by atoms with van der Waals surface area (Å²) in [6.45, 7) is 0.567. The van der Waals surface area contributed by atoms with Crippen molar-refractivity contribution in [3.63, 3.8) is 0 Å². The molecule has 1 aliphatic rings. The van der Waals surface area contributed by atoms with Gasteiger partial charge in [0.05, 0.1) is 7.11 Å². The quantitative estimate of drug-likeness (QED) is 0.841. The molecule has 1 unspecified atom stereocenters. The van der Waals surface area contributed by atoms with Crippen molar-refractivity contribution >= 4 is 12.4 Å². The first kappa shape index (κ1) is 12.1. The minimum Gasteiger partial charge on any atom is -0.493 e. The fourth-order valence-corrected chi connectivity index (χ4v) is 1.76. The highest BCUT2D eigenvalue weighted by Gasteiger charge is 2.21. The summed E-state index contributed by atoms with van der Waals surface area (Å²) in [4.78, 5) is 0. The van der Waals surface area contributed by atoms with Crippen molar-refractivity contribution in [2.24, 2.45) is 5.73 Å². The van der Waals surface area contributed by atoms with E-state index in [4.69, 9.17) is 15.2 Å². The molecule has 15 heavy (non-hydrogen) atoms. The normalized spacial score (nSPS) is 18.4. The van der Waals surface area contributed by atoms with E-state index in [0.29, 0.717) is 6.54 Å². The lowest BCUT2D eigenvalue weighted by atomic mass is 10.0. The van der Waals surface area contributed by atoms with Crippen LogP contribution in [-0.4, -0.2) is 19.8 Å². The van der Waals surface area contributed by atoms with Crippen molar-refractivity contribution in [1.29, 1.82) is 0 Å². The Bertz CT molecular complexity index is 316. The maximum atomic E-state index is 5.75. The second kappa shape index (κ2) is 5.24. The van der Waals surface area contributed by atoms with E-state index in [1.54, 1.807) is 7.11 Å². The van der Waals surface area contributed by atoms with E-state index in [1.807, 2.05) is 12.1 Å². The molecule has 3 nitrogen and oxygen atoms in total. The summed E-state index contributed by atoms with van der Waals surface area (Å²) in [7, 11) is 1.66. The fourth-order valence-electron chi connectivity index (χ4n) is 1.76. The van der Waals surface area contributed by atoms with Crippen LogP contribution in [0.4, 0.5) is 0 Å². The van der Waals surface area contributed by atoms with Gasteiger partial charge in [-0.05, 0) is 24.5 Å². The Morgan fingerprint density at radius 1 is 1.53 bits per heavy atom. The molecule has 0 bridgehead atoms. The van der Waals surface area contributed by atoms with E-state index in [2.05, 4.69) is 6.07 Å². The van der Waals surface area contributed by atoms with Crippen molar-refractivity contribution < 1.29 is 9.47 Å². The number of ether oxygens (including phenoxy) is 2. The van der Waals surface area contributed by atoms with Crippen LogP contribution in [0.5, 0.6) is 11.5 Å². The number of rotatable bonds is 2. The number of para-hydroxylation sites is 1. The predicted molar refractivity (Wildman–Crippen MR) is 62.0 cm³/mol. The lowest BCUT2D eigenvalue weighted by Crippen LogP contribution is -2.30. The lowest BCUT2D eigenvalue weighted by molar-refractivity contribution is 0.173. The number of aryl methyl sites for hydroxylation is 1. The van der Waals surface area contributed by atoms with Gasteiger partial charge in [0.15, 0.2) is 11.5 Å². The van der Waals surface area contributed by atoms with Crippen LogP contribution in [0, 0.1) is 0 Å². The van der Waals surface area contributed by atoms with Crippen molar-refractivity contribution in [1.82, 2.24) is 0 Å². The van der Waals surface area contributed by atoms with E-state index < -0.39 is 0 Å². The van der Waals surface area contributed by atoms with Gasteiger partial charge in [0.25, 0.3) is 0 Å². The number of benzene rings is 1. The molecule has 0 saturated carbocycles. The Hall–Kier alpha value is -0.930. The van der Waals surface area contributed by atoms with E-state index in [0.717, 1.165) is 24.3 Å². The van der Waals surface area contributed by atoms with E-state index in [9.17, 15) is 0 Å². The molecule has 2 N–H and O–H groups in total. The van der Waals surface area contributed by atoms with Gasteiger partial charge in [0.1, 0.15) is 6.10 Å². The maximum absolute atomic E-state index is 5.75. The number of hydrogen-bond acceptors (Lipinski definition) is 3. The minimum atomic E-state index is 0. The smallest absolute Gasteiger partial charge is 0.164 e. The fraction of sp³-hybridized carbons (Fsp3) is 0.455. The number of methoxy groups -OCH3 is 1. The summed E-state index contributed by atoms with van der Waals surface area (Å²) in [6.07, 6.45) is 2.16. The van der Waals surface area contributed by atoms with Crippen LogP contribution in [0.25, 0.3) is 0 Å². The van der Waals surface area contributed by atoms with Crippen LogP contribution >= 0.6 is 12.4 Å². The van der Waals surface area contributed by atoms with E-state index >= 15 is 0 Å². The number of nitrogens with two attached hydrogens (primary N) is 1. The number of halogens is 1. The zero-order chi connectivity index (χ0) is 9.97. The molecular formula is C11H16ClNO2. The van der Waals surface area contributed by atoms with Gasteiger partial charge in [0.2, 0.25) is 0 Å². The molecule has 0 aliphatic carbocycles. The van der Waals surface area contributed by atoms with Crippen LogP contribution in [-0.2, 0) is 6.42 Å². The largest absolute Gasteiger partial charge is 0.493 e. The van der Waals surface area contributed by atoms with Crippen LogP contribution in [0.3, 0.4) is 0 Å². The Labute approximate surface area is 96.0 Å². The number of hydrogen-bond donors (Lipinski definition) is 1. The topological polar surface area (TPSA) is 44.5 Å².